The molecular formula is C21H28BrIN6. The SMILES string of the molecule is CCNC(=NCC1(c2cccc(Br)c2)CC1)N1CCN(c2ncccn2)CC1.I. The Bertz CT molecular complexity index is 819. The van der Waals surface area contributed by atoms with E-state index in [1.165, 1.54) is 18.4 Å². The molecule has 1 aliphatic heterocycles. The number of piperazine rings is 1. The Balaban J connectivity index is 0.00000240. The highest BCUT2D eigenvalue weighted by Gasteiger charge is 2.44. The third kappa shape index (κ3) is 5.39. The fourth-order valence-electron chi connectivity index (χ4n) is 3.73. The molecule has 156 valence electrons. The second-order valence-corrected chi connectivity index (χ2v) is 8.40. The second-order valence-electron chi connectivity index (χ2n) is 7.48. The third-order valence-electron chi connectivity index (χ3n) is 5.57. The molecule has 0 radical (unpaired) electrons. The molecule has 0 atom stereocenters. The largest absolute Gasteiger partial charge is 0.357 e. The van der Waals surface area contributed by atoms with Crippen molar-refractivity contribution >= 4 is 51.8 Å². The molecule has 6 nitrogen and oxygen atoms in total. The van der Waals surface area contributed by atoms with Crippen LogP contribution in [-0.4, -0.2) is 60.1 Å². The first kappa shape index (κ1) is 22.3. The van der Waals surface area contributed by atoms with Crippen LogP contribution in [0, 0.1) is 0 Å². The number of hydrogen-bond donors (Lipinski definition) is 1. The van der Waals surface area contributed by atoms with Crippen molar-refractivity contribution in [3.05, 3.63) is 52.8 Å². The molecule has 1 aromatic carbocycles. The van der Waals surface area contributed by atoms with Gasteiger partial charge in [-0.15, -0.1) is 24.0 Å². The van der Waals surface area contributed by atoms with Gasteiger partial charge in [0.1, 0.15) is 0 Å². The zero-order valence-corrected chi connectivity index (χ0v) is 20.6. The van der Waals surface area contributed by atoms with Crippen LogP contribution in [0.2, 0.25) is 0 Å². The van der Waals surface area contributed by atoms with Crippen LogP contribution in [0.25, 0.3) is 0 Å². The molecule has 1 saturated heterocycles. The summed E-state index contributed by atoms with van der Waals surface area (Å²) in [5.41, 5.74) is 1.61. The third-order valence-corrected chi connectivity index (χ3v) is 6.06. The van der Waals surface area contributed by atoms with Crippen LogP contribution in [0.1, 0.15) is 25.3 Å². The lowest BCUT2D eigenvalue weighted by atomic mass is 9.96. The van der Waals surface area contributed by atoms with Crippen molar-refractivity contribution in [1.82, 2.24) is 20.2 Å². The normalized spacial score (nSPS) is 18.2. The number of nitrogens with zero attached hydrogens (tertiary/aromatic N) is 5. The van der Waals surface area contributed by atoms with E-state index in [0.29, 0.717) is 0 Å². The Hall–Kier alpha value is -1.42. The highest BCUT2D eigenvalue weighted by molar-refractivity contribution is 14.0. The van der Waals surface area contributed by atoms with Crippen molar-refractivity contribution in [2.45, 2.75) is 25.2 Å². The number of benzene rings is 1. The Morgan fingerprint density at radius 1 is 1.14 bits per heavy atom. The minimum absolute atomic E-state index is 0. The van der Waals surface area contributed by atoms with E-state index in [1.54, 1.807) is 12.4 Å². The molecule has 0 bridgehead atoms. The van der Waals surface area contributed by atoms with Crippen LogP contribution in [0.3, 0.4) is 0 Å². The molecular weight excluding hydrogens is 543 g/mol. The molecule has 1 aliphatic carbocycles. The van der Waals surface area contributed by atoms with Gasteiger partial charge in [0.2, 0.25) is 5.95 Å². The minimum Gasteiger partial charge on any atom is -0.357 e. The van der Waals surface area contributed by atoms with Gasteiger partial charge in [-0.05, 0) is 43.5 Å². The summed E-state index contributed by atoms with van der Waals surface area (Å²) >= 11 is 3.60. The molecule has 2 aromatic rings. The summed E-state index contributed by atoms with van der Waals surface area (Å²) in [7, 11) is 0. The average Bonchev–Trinajstić information content (AvgIpc) is 3.53. The Morgan fingerprint density at radius 2 is 1.86 bits per heavy atom. The molecule has 4 rings (SSSR count). The lowest BCUT2D eigenvalue weighted by Crippen LogP contribution is -2.53. The summed E-state index contributed by atoms with van der Waals surface area (Å²) in [6, 6.07) is 10.5. The molecule has 0 spiro atoms. The van der Waals surface area contributed by atoms with Crippen LogP contribution in [0.5, 0.6) is 0 Å². The van der Waals surface area contributed by atoms with E-state index in [1.807, 2.05) is 6.07 Å². The average molecular weight is 571 g/mol. The van der Waals surface area contributed by atoms with Crippen molar-refractivity contribution in [2.75, 3.05) is 44.2 Å². The number of guanidine groups is 1. The first-order valence-electron chi connectivity index (χ1n) is 10.0. The quantitative estimate of drug-likeness (QED) is 0.338. The molecule has 1 N–H and O–H groups in total. The number of aliphatic imine (C=N–C) groups is 1. The fourth-order valence-corrected chi connectivity index (χ4v) is 4.13. The lowest BCUT2D eigenvalue weighted by molar-refractivity contribution is 0.369. The first-order valence-corrected chi connectivity index (χ1v) is 10.8. The van der Waals surface area contributed by atoms with Gasteiger partial charge in [0.15, 0.2) is 5.96 Å². The minimum atomic E-state index is 0. The standard InChI is InChI=1S/C21H27BrN6.HI/c1-2-23-19(26-16-21(7-8-21)17-5-3-6-18(22)15-17)27-11-13-28(14-12-27)20-24-9-4-10-25-20;/h3-6,9-10,15H,2,7-8,11-14,16H2,1H3,(H,23,26);1H. The lowest BCUT2D eigenvalue weighted by Gasteiger charge is -2.36. The van der Waals surface area contributed by atoms with Crippen LogP contribution < -0.4 is 10.2 Å². The summed E-state index contributed by atoms with van der Waals surface area (Å²) in [6.07, 6.45) is 6.03. The van der Waals surface area contributed by atoms with Gasteiger partial charge in [-0.1, -0.05) is 28.1 Å². The smallest absolute Gasteiger partial charge is 0.225 e. The Kier molecular flexibility index (Phi) is 7.72. The van der Waals surface area contributed by atoms with E-state index in [4.69, 9.17) is 4.99 Å². The number of aromatic nitrogens is 2. The van der Waals surface area contributed by atoms with Gasteiger partial charge in [0.05, 0.1) is 6.54 Å². The van der Waals surface area contributed by atoms with Crippen LogP contribution >= 0.6 is 39.9 Å². The van der Waals surface area contributed by atoms with E-state index in [-0.39, 0.29) is 29.4 Å². The van der Waals surface area contributed by atoms with E-state index in [9.17, 15) is 0 Å². The van der Waals surface area contributed by atoms with Gasteiger partial charge in [-0.25, -0.2) is 9.97 Å². The number of hydrogen-bond acceptors (Lipinski definition) is 4. The summed E-state index contributed by atoms with van der Waals surface area (Å²) in [4.78, 5) is 18.4. The maximum atomic E-state index is 5.04. The van der Waals surface area contributed by atoms with E-state index >= 15 is 0 Å². The van der Waals surface area contributed by atoms with E-state index in [2.05, 4.69) is 72.2 Å². The predicted molar refractivity (Wildman–Crippen MR) is 132 cm³/mol. The van der Waals surface area contributed by atoms with Crippen molar-refractivity contribution in [3.63, 3.8) is 0 Å². The molecule has 8 heteroatoms. The van der Waals surface area contributed by atoms with Crippen molar-refractivity contribution < 1.29 is 0 Å². The molecule has 1 aromatic heterocycles. The number of halogens is 2. The van der Waals surface area contributed by atoms with Gasteiger partial charge in [-0.2, -0.15) is 0 Å². The van der Waals surface area contributed by atoms with Crippen molar-refractivity contribution in [2.24, 2.45) is 4.99 Å². The summed E-state index contributed by atoms with van der Waals surface area (Å²) in [5.74, 6) is 1.84. The fraction of sp³-hybridized carbons (Fsp3) is 0.476. The van der Waals surface area contributed by atoms with E-state index in [0.717, 1.165) is 55.6 Å². The topological polar surface area (TPSA) is 56.7 Å². The van der Waals surface area contributed by atoms with Crippen molar-refractivity contribution in [3.8, 4) is 0 Å². The van der Waals surface area contributed by atoms with Gasteiger partial charge in [0.25, 0.3) is 0 Å². The second kappa shape index (κ2) is 10.1. The van der Waals surface area contributed by atoms with Gasteiger partial charge in [0, 0.05) is 55.0 Å². The number of anilines is 1. The summed E-state index contributed by atoms with van der Waals surface area (Å²) < 4.78 is 1.14. The zero-order valence-electron chi connectivity index (χ0n) is 16.7. The maximum Gasteiger partial charge on any atom is 0.225 e. The number of rotatable bonds is 5. The van der Waals surface area contributed by atoms with Crippen LogP contribution in [0.15, 0.2) is 52.2 Å². The molecule has 0 amide bonds. The van der Waals surface area contributed by atoms with Gasteiger partial charge >= 0.3 is 0 Å². The monoisotopic (exact) mass is 570 g/mol. The zero-order chi connectivity index (χ0) is 19.4. The molecule has 2 heterocycles. The molecule has 1 saturated carbocycles. The maximum absolute atomic E-state index is 5.04. The Labute approximate surface area is 198 Å². The molecule has 2 aliphatic rings. The van der Waals surface area contributed by atoms with Crippen LogP contribution in [-0.2, 0) is 5.41 Å². The highest BCUT2D eigenvalue weighted by atomic mass is 127. The molecule has 29 heavy (non-hydrogen) atoms. The van der Waals surface area contributed by atoms with Gasteiger partial charge in [-0.3, -0.25) is 4.99 Å². The summed E-state index contributed by atoms with van der Waals surface area (Å²) in [6.45, 7) is 7.52. The van der Waals surface area contributed by atoms with Gasteiger partial charge < -0.3 is 15.1 Å². The first-order chi connectivity index (χ1) is 13.7. The van der Waals surface area contributed by atoms with E-state index < -0.39 is 0 Å². The molecule has 2 fully saturated rings. The summed E-state index contributed by atoms with van der Waals surface area (Å²) in [5, 5.41) is 3.49. The molecule has 0 unspecified atom stereocenters. The Morgan fingerprint density at radius 3 is 2.48 bits per heavy atom. The predicted octanol–water partition coefficient (Wildman–Crippen LogP) is 3.68. The highest BCUT2D eigenvalue weighted by Crippen LogP contribution is 2.48. The van der Waals surface area contributed by atoms with Crippen molar-refractivity contribution in [1.29, 1.82) is 0 Å². The van der Waals surface area contributed by atoms with Crippen LogP contribution in [0.4, 0.5) is 5.95 Å². The number of nitrogens with one attached hydrogen (secondary N) is 1.